The summed E-state index contributed by atoms with van der Waals surface area (Å²) in [4.78, 5) is 2.55. The third-order valence-corrected chi connectivity index (χ3v) is 3.52. The lowest BCUT2D eigenvalue weighted by atomic mass is 10.1. The molecule has 1 aliphatic heterocycles. The molecule has 0 aromatic carbocycles. The molecular formula is C16H32N2O. The normalized spacial score (nSPS) is 17.6. The van der Waals surface area contributed by atoms with Crippen LogP contribution in [-0.2, 0) is 4.74 Å². The highest BCUT2D eigenvalue weighted by Gasteiger charge is 2.11. The molecule has 0 spiro atoms. The van der Waals surface area contributed by atoms with E-state index >= 15 is 0 Å². The molecule has 0 aromatic heterocycles. The van der Waals surface area contributed by atoms with Crippen LogP contribution in [0, 0.1) is 0 Å². The van der Waals surface area contributed by atoms with Crippen molar-refractivity contribution in [2.45, 2.75) is 52.0 Å². The first kappa shape index (κ1) is 16.7. The van der Waals surface area contributed by atoms with Crippen LogP contribution in [0.15, 0.2) is 11.6 Å². The third kappa shape index (κ3) is 8.40. The fourth-order valence-electron chi connectivity index (χ4n) is 2.37. The Morgan fingerprint density at radius 2 is 2.05 bits per heavy atom. The van der Waals surface area contributed by atoms with Crippen LogP contribution in [0.3, 0.4) is 0 Å². The van der Waals surface area contributed by atoms with Crippen LogP contribution in [-0.4, -0.2) is 50.3 Å². The summed E-state index contributed by atoms with van der Waals surface area (Å²) in [5, 5.41) is 3.54. The predicted octanol–water partition coefficient (Wildman–Crippen LogP) is 2.82. The topological polar surface area (TPSA) is 24.5 Å². The highest BCUT2D eigenvalue weighted by Crippen LogP contribution is 2.11. The molecule has 3 heteroatoms. The summed E-state index contributed by atoms with van der Waals surface area (Å²) in [5.74, 6) is 0. The van der Waals surface area contributed by atoms with Crippen molar-refractivity contribution in [2.24, 2.45) is 0 Å². The summed E-state index contributed by atoms with van der Waals surface area (Å²) in [6.45, 7) is 12.2. The maximum absolute atomic E-state index is 5.18. The molecule has 0 radical (unpaired) electrons. The molecule has 1 rings (SSSR count). The molecule has 0 atom stereocenters. The summed E-state index contributed by atoms with van der Waals surface area (Å²) >= 11 is 0. The minimum Gasteiger partial charge on any atom is -0.380 e. The molecule has 0 aromatic rings. The van der Waals surface area contributed by atoms with Crippen LogP contribution in [0.2, 0.25) is 0 Å². The van der Waals surface area contributed by atoms with E-state index in [1.54, 1.807) is 7.11 Å². The van der Waals surface area contributed by atoms with Crippen LogP contribution in [0.1, 0.15) is 46.5 Å². The van der Waals surface area contributed by atoms with Crippen molar-refractivity contribution in [3.8, 4) is 0 Å². The summed E-state index contributed by atoms with van der Waals surface area (Å²) < 4.78 is 5.18. The standard InChI is InChI=1S/C16H32N2O/c1-16(2,3)17-10-6-5-7-11-18-12-8-15(9-13-18)14-19-4/h8,17H,5-7,9-14H2,1-4H3. The van der Waals surface area contributed by atoms with Crippen LogP contribution < -0.4 is 5.32 Å². The fraction of sp³-hybridized carbons (Fsp3) is 0.875. The van der Waals surface area contributed by atoms with Gasteiger partial charge in [0.25, 0.3) is 0 Å². The number of ether oxygens (including phenoxy) is 1. The summed E-state index contributed by atoms with van der Waals surface area (Å²) in [5.41, 5.74) is 1.73. The van der Waals surface area contributed by atoms with E-state index < -0.39 is 0 Å². The van der Waals surface area contributed by atoms with E-state index in [0.717, 1.165) is 19.7 Å². The van der Waals surface area contributed by atoms with Gasteiger partial charge in [-0.2, -0.15) is 0 Å². The number of nitrogens with one attached hydrogen (secondary N) is 1. The van der Waals surface area contributed by atoms with Gasteiger partial charge in [-0.3, -0.25) is 4.90 Å². The summed E-state index contributed by atoms with van der Waals surface area (Å²) in [6, 6.07) is 0. The molecule has 0 fully saturated rings. The smallest absolute Gasteiger partial charge is 0.0673 e. The predicted molar refractivity (Wildman–Crippen MR) is 82.6 cm³/mol. The fourth-order valence-corrected chi connectivity index (χ4v) is 2.37. The Morgan fingerprint density at radius 1 is 1.26 bits per heavy atom. The van der Waals surface area contributed by atoms with Crippen molar-refractivity contribution in [1.29, 1.82) is 0 Å². The second-order valence-electron chi connectivity index (χ2n) is 6.58. The van der Waals surface area contributed by atoms with E-state index in [9.17, 15) is 0 Å². The van der Waals surface area contributed by atoms with Crippen molar-refractivity contribution in [3.63, 3.8) is 0 Å². The zero-order valence-corrected chi connectivity index (χ0v) is 13.3. The van der Waals surface area contributed by atoms with Gasteiger partial charge in [-0.25, -0.2) is 0 Å². The molecule has 0 bridgehead atoms. The minimum atomic E-state index is 0.259. The van der Waals surface area contributed by atoms with E-state index in [4.69, 9.17) is 4.74 Å². The van der Waals surface area contributed by atoms with E-state index in [2.05, 4.69) is 37.1 Å². The lowest BCUT2D eigenvalue weighted by Gasteiger charge is -2.26. The average molecular weight is 268 g/mol. The monoisotopic (exact) mass is 268 g/mol. The zero-order chi connectivity index (χ0) is 14.1. The molecule has 0 amide bonds. The van der Waals surface area contributed by atoms with Gasteiger partial charge < -0.3 is 10.1 Å². The van der Waals surface area contributed by atoms with Gasteiger partial charge in [0.15, 0.2) is 0 Å². The Morgan fingerprint density at radius 3 is 2.63 bits per heavy atom. The summed E-state index contributed by atoms with van der Waals surface area (Å²) in [6.07, 6.45) is 7.46. The highest BCUT2D eigenvalue weighted by molar-refractivity contribution is 5.07. The Bertz CT molecular complexity index is 268. The van der Waals surface area contributed by atoms with Crippen molar-refractivity contribution in [1.82, 2.24) is 10.2 Å². The van der Waals surface area contributed by atoms with Crippen LogP contribution in [0.5, 0.6) is 0 Å². The Kier molecular flexibility index (Phi) is 7.66. The number of unbranched alkanes of at least 4 members (excludes halogenated alkanes) is 2. The first-order valence-corrected chi connectivity index (χ1v) is 7.65. The van der Waals surface area contributed by atoms with Crippen LogP contribution in [0.4, 0.5) is 0 Å². The van der Waals surface area contributed by atoms with Gasteiger partial charge in [0.05, 0.1) is 6.61 Å². The van der Waals surface area contributed by atoms with Gasteiger partial charge >= 0.3 is 0 Å². The van der Waals surface area contributed by atoms with E-state index in [1.807, 2.05) is 0 Å². The first-order valence-electron chi connectivity index (χ1n) is 7.65. The molecule has 0 unspecified atom stereocenters. The molecule has 0 saturated carbocycles. The van der Waals surface area contributed by atoms with Crippen LogP contribution >= 0.6 is 0 Å². The minimum absolute atomic E-state index is 0.259. The second-order valence-corrected chi connectivity index (χ2v) is 6.58. The highest BCUT2D eigenvalue weighted by atomic mass is 16.5. The zero-order valence-electron chi connectivity index (χ0n) is 13.3. The molecule has 1 aliphatic rings. The van der Waals surface area contributed by atoms with Gasteiger partial charge in [-0.1, -0.05) is 12.5 Å². The third-order valence-electron chi connectivity index (χ3n) is 3.52. The maximum atomic E-state index is 5.18. The van der Waals surface area contributed by atoms with Crippen molar-refractivity contribution >= 4 is 0 Å². The number of rotatable bonds is 8. The van der Waals surface area contributed by atoms with Gasteiger partial charge in [-0.05, 0) is 58.7 Å². The molecular weight excluding hydrogens is 236 g/mol. The number of hydrogen-bond acceptors (Lipinski definition) is 3. The van der Waals surface area contributed by atoms with E-state index in [1.165, 1.54) is 44.3 Å². The lowest BCUT2D eigenvalue weighted by molar-refractivity contribution is 0.211. The van der Waals surface area contributed by atoms with Crippen molar-refractivity contribution in [2.75, 3.05) is 39.9 Å². The van der Waals surface area contributed by atoms with Gasteiger partial charge in [0.2, 0.25) is 0 Å². The molecule has 0 aliphatic carbocycles. The van der Waals surface area contributed by atoms with E-state index in [0.29, 0.717) is 0 Å². The maximum Gasteiger partial charge on any atom is 0.0673 e. The Labute approximate surface area is 119 Å². The average Bonchev–Trinajstić information content (AvgIpc) is 2.35. The van der Waals surface area contributed by atoms with Gasteiger partial charge in [-0.15, -0.1) is 0 Å². The summed E-state index contributed by atoms with van der Waals surface area (Å²) in [7, 11) is 1.78. The largest absolute Gasteiger partial charge is 0.380 e. The number of methoxy groups -OCH3 is 1. The quantitative estimate of drug-likeness (QED) is 0.541. The molecule has 3 nitrogen and oxygen atoms in total. The van der Waals surface area contributed by atoms with Gasteiger partial charge in [0.1, 0.15) is 0 Å². The van der Waals surface area contributed by atoms with Crippen molar-refractivity contribution in [3.05, 3.63) is 11.6 Å². The molecule has 19 heavy (non-hydrogen) atoms. The van der Waals surface area contributed by atoms with E-state index in [-0.39, 0.29) is 5.54 Å². The van der Waals surface area contributed by atoms with Gasteiger partial charge in [0, 0.05) is 25.7 Å². The molecule has 1 heterocycles. The Hall–Kier alpha value is -0.380. The van der Waals surface area contributed by atoms with Crippen molar-refractivity contribution < 1.29 is 4.74 Å². The first-order chi connectivity index (χ1) is 9.01. The lowest BCUT2D eigenvalue weighted by Crippen LogP contribution is -2.36. The van der Waals surface area contributed by atoms with Crippen LogP contribution in [0.25, 0.3) is 0 Å². The SMILES string of the molecule is COCC1=CCN(CCCCCNC(C)(C)C)CC1. The molecule has 112 valence electrons. The Balaban J connectivity index is 1.99. The molecule has 1 N–H and O–H groups in total. The second kappa shape index (κ2) is 8.72. The number of nitrogens with zero attached hydrogens (tertiary/aromatic N) is 1. The number of hydrogen-bond donors (Lipinski definition) is 1. The molecule has 0 saturated heterocycles.